The number of aryl methyl sites for hydroxylation is 1. The molecule has 0 aliphatic carbocycles. The number of nitrogens with zero attached hydrogens (tertiary/aromatic N) is 1. The summed E-state index contributed by atoms with van der Waals surface area (Å²) < 4.78 is 13.0. The molecule has 2 nitrogen and oxygen atoms in total. The van der Waals surface area contributed by atoms with Gasteiger partial charge in [0.15, 0.2) is 0 Å². The molecule has 2 atom stereocenters. The summed E-state index contributed by atoms with van der Waals surface area (Å²) in [6, 6.07) is 5.38. The Kier molecular flexibility index (Phi) is 3.79. The summed E-state index contributed by atoms with van der Waals surface area (Å²) in [6.07, 6.45) is 1.06. The number of hydrogen-bond donors (Lipinski definition) is 1. The van der Waals surface area contributed by atoms with E-state index in [1.54, 1.807) is 12.1 Å². The van der Waals surface area contributed by atoms with E-state index in [0.717, 1.165) is 31.6 Å². The average Bonchev–Trinajstić information content (AvgIpc) is 2.27. The van der Waals surface area contributed by atoms with Crippen molar-refractivity contribution in [2.24, 2.45) is 11.7 Å². The Morgan fingerprint density at radius 3 is 2.88 bits per heavy atom. The van der Waals surface area contributed by atoms with Gasteiger partial charge >= 0.3 is 0 Å². The summed E-state index contributed by atoms with van der Waals surface area (Å²) in [5.41, 5.74) is 8.26. The van der Waals surface area contributed by atoms with Gasteiger partial charge in [0.25, 0.3) is 0 Å². The smallest absolute Gasteiger partial charge is 0.123 e. The molecule has 0 saturated carbocycles. The Bertz CT molecular complexity index is 392. The number of nitrogens with two attached hydrogens (primary N) is 1. The molecule has 3 heteroatoms. The van der Waals surface area contributed by atoms with Crippen molar-refractivity contribution in [3.63, 3.8) is 0 Å². The van der Waals surface area contributed by atoms with Gasteiger partial charge in [0, 0.05) is 19.1 Å². The SMILES string of the molecule is Cc1cc(F)ccc1CN1CCC(N)C(C)C1. The molecule has 0 spiro atoms. The maximum atomic E-state index is 13.0. The summed E-state index contributed by atoms with van der Waals surface area (Å²) in [5, 5.41) is 0. The molecule has 0 aromatic heterocycles. The summed E-state index contributed by atoms with van der Waals surface area (Å²) in [4.78, 5) is 2.41. The maximum Gasteiger partial charge on any atom is 0.123 e. The highest BCUT2D eigenvalue weighted by Crippen LogP contribution is 2.19. The predicted molar refractivity (Wildman–Crippen MR) is 68.2 cm³/mol. The van der Waals surface area contributed by atoms with Crippen LogP contribution in [0.2, 0.25) is 0 Å². The van der Waals surface area contributed by atoms with Crippen LogP contribution in [0.3, 0.4) is 0 Å². The summed E-state index contributed by atoms with van der Waals surface area (Å²) in [5.74, 6) is 0.393. The van der Waals surface area contributed by atoms with E-state index in [4.69, 9.17) is 5.73 Å². The molecule has 1 fully saturated rings. The van der Waals surface area contributed by atoms with Gasteiger partial charge < -0.3 is 5.73 Å². The Labute approximate surface area is 103 Å². The fraction of sp³-hybridized carbons (Fsp3) is 0.571. The van der Waals surface area contributed by atoms with Gasteiger partial charge in [-0.05, 0) is 49.1 Å². The fourth-order valence-electron chi connectivity index (χ4n) is 2.47. The number of benzene rings is 1. The first-order valence-electron chi connectivity index (χ1n) is 6.29. The summed E-state index contributed by atoms with van der Waals surface area (Å²) in [7, 11) is 0. The molecule has 1 saturated heterocycles. The van der Waals surface area contributed by atoms with Crippen molar-refractivity contribution in [3.05, 3.63) is 35.1 Å². The molecule has 0 bridgehead atoms. The van der Waals surface area contributed by atoms with E-state index in [-0.39, 0.29) is 5.82 Å². The standard InChI is InChI=1S/C14H21FN2/c1-10-7-13(15)4-3-12(10)9-17-6-5-14(16)11(2)8-17/h3-4,7,11,14H,5-6,8-9,16H2,1-2H3. The number of halogens is 1. The fourth-order valence-corrected chi connectivity index (χ4v) is 2.47. The summed E-state index contributed by atoms with van der Waals surface area (Å²) in [6.45, 7) is 7.16. The molecular weight excluding hydrogens is 215 g/mol. The normalized spacial score (nSPS) is 26.1. The minimum absolute atomic E-state index is 0.153. The minimum atomic E-state index is -0.153. The average molecular weight is 236 g/mol. The van der Waals surface area contributed by atoms with Gasteiger partial charge in [-0.1, -0.05) is 13.0 Å². The Morgan fingerprint density at radius 1 is 1.47 bits per heavy atom. The molecule has 2 unspecified atom stereocenters. The first-order valence-corrected chi connectivity index (χ1v) is 6.29. The predicted octanol–water partition coefficient (Wildman–Crippen LogP) is 2.30. The van der Waals surface area contributed by atoms with Gasteiger partial charge in [-0.15, -0.1) is 0 Å². The van der Waals surface area contributed by atoms with Crippen LogP contribution in [0.25, 0.3) is 0 Å². The zero-order valence-electron chi connectivity index (χ0n) is 10.6. The lowest BCUT2D eigenvalue weighted by atomic mass is 9.94. The van der Waals surface area contributed by atoms with E-state index < -0.39 is 0 Å². The van der Waals surface area contributed by atoms with Crippen molar-refractivity contribution in [2.45, 2.75) is 32.9 Å². The second kappa shape index (κ2) is 5.15. The lowest BCUT2D eigenvalue weighted by Gasteiger charge is -2.35. The molecule has 1 heterocycles. The van der Waals surface area contributed by atoms with Crippen molar-refractivity contribution in [2.75, 3.05) is 13.1 Å². The molecule has 0 amide bonds. The number of piperidine rings is 1. The highest BCUT2D eigenvalue weighted by Gasteiger charge is 2.23. The zero-order chi connectivity index (χ0) is 12.4. The Balaban J connectivity index is 2.01. The van der Waals surface area contributed by atoms with Crippen molar-refractivity contribution in [1.29, 1.82) is 0 Å². The number of likely N-dealkylation sites (tertiary alicyclic amines) is 1. The van der Waals surface area contributed by atoms with Gasteiger partial charge in [-0.25, -0.2) is 4.39 Å². The topological polar surface area (TPSA) is 29.3 Å². The molecule has 2 rings (SSSR count). The zero-order valence-corrected chi connectivity index (χ0v) is 10.6. The van der Waals surface area contributed by atoms with Crippen LogP contribution in [0, 0.1) is 18.7 Å². The van der Waals surface area contributed by atoms with E-state index in [0.29, 0.717) is 12.0 Å². The van der Waals surface area contributed by atoms with Crippen molar-refractivity contribution < 1.29 is 4.39 Å². The minimum Gasteiger partial charge on any atom is -0.327 e. The molecular formula is C14H21FN2. The lowest BCUT2D eigenvalue weighted by molar-refractivity contribution is 0.157. The third-order valence-electron chi connectivity index (χ3n) is 3.75. The van der Waals surface area contributed by atoms with Crippen molar-refractivity contribution in [3.8, 4) is 0 Å². The van der Waals surface area contributed by atoms with Crippen LogP contribution in [-0.4, -0.2) is 24.0 Å². The van der Waals surface area contributed by atoms with Gasteiger partial charge in [0.1, 0.15) is 5.82 Å². The first-order chi connectivity index (χ1) is 8.06. The van der Waals surface area contributed by atoms with E-state index in [9.17, 15) is 4.39 Å². The van der Waals surface area contributed by atoms with Crippen LogP contribution in [-0.2, 0) is 6.54 Å². The quantitative estimate of drug-likeness (QED) is 0.853. The molecule has 1 aromatic rings. The van der Waals surface area contributed by atoms with Crippen LogP contribution in [0.15, 0.2) is 18.2 Å². The van der Waals surface area contributed by atoms with Gasteiger partial charge in [-0.2, -0.15) is 0 Å². The first kappa shape index (κ1) is 12.5. The van der Waals surface area contributed by atoms with Crippen LogP contribution in [0.1, 0.15) is 24.5 Å². The third kappa shape index (κ3) is 3.05. The molecule has 17 heavy (non-hydrogen) atoms. The van der Waals surface area contributed by atoms with Crippen molar-refractivity contribution in [1.82, 2.24) is 4.90 Å². The highest BCUT2D eigenvalue weighted by atomic mass is 19.1. The Morgan fingerprint density at radius 2 is 2.24 bits per heavy atom. The largest absolute Gasteiger partial charge is 0.327 e. The van der Waals surface area contributed by atoms with Crippen LogP contribution < -0.4 is 5.73 Å². The molecule has 2 N–H and O–H groups in total. The molecule has 1 aromatic carbocycles. The molecule has 0 radical (unpaired) electrons. The number of rotatable bonds is 2. The van der Waals surface area contributed by atoms with Crippen LogP contribution in [0.4, 0.5) is 4.39 Å². The van der Waals surface area contributed by atoms with Crippen molar-refractivity contribution >= 4 is 0 Å². The summed E-state index contributed by atoms with van der Waals surface area (Å²) >= 11 is 0. The van der Waals surface area contributed by atoms with Gasteiger partial charge in [0.2, 0.25) is 0 Å². The maximum absolute atomic E-state index is 13.0. The second-order valence-electron chi connectivity index (χ2n) is 5.24. The lowest BCUT2D eigenvalue weighted by Crippen LogP contribution is -2.45. The Hall–Kier alpha value is -0.930. The third-order valence-corrected chi connectivity index (χ3v) is 3.75. The van der Waals surface area contributed by atoms with Crippen LogP contribution >= 0.6 is 0 Å². The second-order valence-corrected chi connectivity index (χ2v) is 5.24. The highest BCUT2D eigenvalue weighted by molar-refractivity contribution is 5.26. The van der Waals surface area contributed by atoms with Gasteiger partial charge in [0.05, 0.1) is 0 Å². The van der Waals surface area contributed by atoms with E-state index >= 15 is 0 Å². The van der Waals surface area contributed by atoms with E-state index in [2.05, 4.69) is 11.8 Å². The molecule has 1 aliphatic heterocycles. The van der Waals surface area contributed by atoms with Gasteiger partial charge in [-0.3, -0.25) is 4.90 Å². The molecule has 94 valence electrons. The van der Waals surface area contributed by atoms with E-state index in [1.807, 2.05) is 13.0 Å². The van der Waals surface area contributed by atoms with E-state index in [1.165, 1.54) is 5.56 Å². The monoisotopic (exact) mass is 236 g/mol. The van der Waals surface area contributed by atoms with Crippen LogP contribution in [0.5, 0.6) is 0 Å². The number of hydrogen-bond acceptors (Lipinski definition) is 2. The molecule has 1 aliphatic rings.